The van der Waals surface area contributed by atoms with Gasteiger partial charge in [-0.2, -0.15) is 13.2 Å². The topological polar surface area (TPSA) is 99.6 Å². The molecule has 1 aromatic heterocycles. The molecule has 11 heteroatoms. The van der Waals surface area contributed by atoms with Gasteiger partial charge >= 0.3 is 6.18 Å². The second-order valence-electron chi connectivity index (χ2n) is 8.08. The van der Waals surface area contributed by atoms with Gasteiger partial charge in [0.05, 0.1) is 22.2 Å². The maximum absolute atomic E-state index is 13.4. The molecule has 7 nitrogen and oxygen atoms in total. The zero-order chi connectivity index (χ0) is 24.3. The maximum atomic E-state index is 13.4. The minimum absolute atomic E-state index is 0.103. The molecule has 1 aliphatic heterocycles. The number of aryl methyl sites for hydroxylation is 1. The largest absolute Gasteiger partial charge is 0.400 e. The molecule has 2 heterocycles. The number of aliphatic hydroxyl groups excluding tert-OH is 1. The van der Waals surface area contributed by atoms with Crippen molar-refractivity contribution >= 4 is 28.9 Å². The number of Topliss-reactive ketones (excluding diaryl/α,β-unsaturated/α-hetero) is 1. The van der Waals surface area contributed by atoms with Gasteiger partial charge in [-0.25, -0.2) is 4.98 Å². The summed E-state index contributed by atoms with van der Waals surface area (Å²) in [6, 6.07) is 6.14. The Morgan fingerprint density at radius 3 is 2.48 bits per heavy atom. The van der Waals surface area contributed by atoms with Crippen molar-refractivity contribution in [3.05, 3.63) is 41.0 Å². The van der Waals surface area contributed by atoms with Crippen LogP contribution in [-0.2, 0) is 20.9 Å². The van der Waals surface area contributed by atoms with Crippen LogP contribution in [0.2, 0.25) is 0 Å². The highest BCUT2D eigenvalue weighted by Crippen LogP contribution is 2.33. The van der Waals surface area contributed by atoms with Gasteiger partial charge in [0, 0.05) is 25.9 Å². The molecule has 1 unspecified atom stereocenters. The first kappa shape index (κ1) is 24.8. The minimum Gasteiger partial charge on any atom is -0.391 e. The van der Waals surface area contributed by atoms with Crippen LogP contribution in [0.25, 0.3) is 10.4 Å². The van der Waals surface area contributed by atoms with Crippen molar-refractivity contribution < 1.29 is 32.7 Å². The van der Waals surface area contributed by atoms with Crippen molar-refractivity contribution in [2.45, 2.75) is 51.6 Å². The van der Waals surface area contributed by atoms with Gasteiger partial charge in [0.2, 0.25) is 11.8 Å². The van der Waals surface area contributed by atoms with Gasteiger partial charge in [-0.15, -0.1) is 11.3 Å². The highest BCUT2D eigenvalue weighted by Gasteiger charge is 2.50. The van der Waals surface area contributed by atoms with Gasteiger partial charge in [0.15, 0.2) is 0 Å². The molecule has 33 heavy (non-hydrogen) atoms. The van der Waals surface area contributed by atoms with Crippen molar-refractivity contribution in [2.24, 2.45) is 5.92 Å². The predicted octanol–water partition coefficient (Wildman–Crippen LogP) is 2.85. The van der Waals surface area contributed by atoms with E-state index >= 15 is 0 Å². The Hall–Kier alpha value is -2.79. The van der Waals surface area contributed by atoms with Gasteiger partial charge in [-0.1, -0.05) is 24.3 Å². The summed E-state index contributed by atoms with van der Waals surface area (Å²) >= 11 is 1.51. The molecule has 1 saturated heterocycles. The molecule has 2 aromatic rings. The van der Waals surface area contributed by atoms with E-state index < -0.39 is 54.8 Å². The van der Waals surface area contributed by atoms with Gasteiger partial charge in [-0.05, 0) is 25.0 Å². The van der Waals surface area contributed by atoms with Crippen LogP contribution in [0, 0.1) is 12.8 Å². The Labute approximate surface area is 192 Å². The summed E-state index contributed by atoms with van der Waals surface area (Å²) in [6.45, 7) is 2.58. The van der Waals surface area contributed by atoms with Crippen LogP contribution in [0.15, 0.2) is 29.8 Å². The number of carbonyl (C=O) groups is 3. The molecule has 0 bridgehead atoms. The van der Waals surface area contributed by atoms with E-state index in [1.807, 2.05) is 31.2 Å². The van der Waals surface area contributed by atoms with Crippen LogP contribution in [0.5, 0.6) is 0 Å². The summed E-state index contributed by atoms with van der Waals surface area (Å²) in [5.74, 6) is -5.37. The second kappa shape index (κ2) is 10.0. The van der Waals surface area contributed by atoms with Crippen molar-refractivity contribution in [3.8, 4) is 10.4 Å². The summed E-state index contributed by atoms with van der Waals surface area (Å²) in [5, 5.41) is 12.6. The molecule has 1 fully saturated rings. The van der Waals surface area contributed by atoms with Gasteiger partial charge in [0.25, 0.3) is 0 Å². The Bertz CT molecular complexity index is 1020. The monoisotopic (exact) mass is 483 g/mol. The molecule has 0 aliphatic carbocycles. The molecule has 2 N–H and O–H groups in total. The Kier molecular flexibility index (Phi) is 7.53. The predicted molar refractivity (Wildman–Crippen MR) is 115 cm³/mol. The summed E-state index contributed by atoms with van der Waals surface area (Å²) in [5.41, 5.74) is 4.40. The van der Waals surface area contributed by atoms with E-state index in [2.05, 4.69) is 10.3 Å². The van der Waals surface area contributed by atoms with Gasteiger partial charge in [-0.3, -0.25) is 14.4 Å². The van der Waals surface area contributed by atoms with Crippen LogP contribution in [-0.4, -0.2) is 57.5 Å². The number of aromatic nitrogens is 1. The zero-order valence-corrected chi connectivity index (χ0v) is 18.9. The zero-order valence-electron chi connectivity index (χ0n) is 18.1. The molecule has 2 amide bonds. The molecule has 3 atom stereocenters. The number of carbonyl (C=O) groups excluding carboxylic acids is 3. The summed E-state index contributed by atoms with van der Waals surface area (Å²) in [7, 11) is 0. The number of hydrogen-bond acceptors (Lipinski definition) is 6. The molecule has 3 rings (SSSR count). The first-order chi connectivity index (χ1) is 15.5. The number of alkyl halides is 3. The fourth-order valence-corrected chi connectivity index (χ4v) is 4.61. The quantitative estimate of drug-likeness (QED) is 0.631. The Balaban J connectivity index is 1.67. The van der Waals surface area contributed by atoms with Crippen LogP contribution in [0.3, 0.4) is 0 Å². The maximum Gasteiger partial charge on any atom is 0.400 e. The lowest BCUT2D eigenvalue weighted by Gasteiger charge is -2.28. The lowest BCUT2D eigenvalue weighted by molar-refractivity contribution is -0.192. The summed E-state index contributed by atoms with van der Waals surface area (Å²) in [6.07, 6.45) is -7.24. The number of β-amino-alcohol motifs (C(OH)–C–C–N with tert-alkyl or cyclic N) is 1. The van der Waals surface area contributed by atoms with E-state index in [1.54, 1.807) is 5.51 Å². The number of thiazole rings is 1. The average Bonchev–Trinajstić information content (AvgIpc) is 3.35. The second-order valence-corrected chi connectivity index (χ2v) is 8.93. The van der Waals surface area contributed by atoms with Crippen molar-refractivity contribution in [3.63, 3.8) is 0 Å². The first-order valence-corrected chi connectivity index (χ1v) is 11.2. The number of hydrogen-bond donors (Lipinski definition) is 2. The third-order valence-electron chi connectivity index (χ3n) is 5.48. The number of nitrogens with zero attached hydrogens (tertiary/aromatic N) is 2. The normalized spacial score (nSPS) is 19.4. The molecule has 0 spiro atoms. The number of ketones is 1. The van der Waals surface area contributed by atoms with Gasteiger partial charge in [0.1, 0.15) is 17.7 Å². The number of rotatable bonds is 7. The molecule has 1 aliphatic rings. The van der Waals surface area contributed by atoms with Crippen molar-refractivity contribution in [1.82, 2.24) is 15.2 Å². The van der Waals surface area contributed by atoms with Crippen LogP contribution in [0.4, 0.5) is 13.2 Å². The van der Waals surface area contributed by atoms with Crippen molar-refractivity contribution in [1.29, 1.82) is 0 Å². The Morgan fingerprint density at radius 2 is 1.94 bits per heavy atom. The lowest BCUT2D eigenvalue weighted by atomic mass is 10.00. The molecule has 0 saturated carbocycles. The number of likely N-dealkylation sites (tertiary alicyclic amines) is 1. The van der Waals surface area contributed by atoms with E-state index in [1.165, 1.54) is 11.3 Å². The molecule has 0 radical (unpaired) electrons. The molecule has 178 valence electrons. The first-order valence-electron chi connectivity index (χ1n) is 10.3. The van der Waals surface area contributed by atoms with E-state index in [-0.39, 0.29) is 13.0 Å². The number of benzene rings is 1. The lowest BCUT2D eigenvalue weighted by Crippen LogP contribution is -2.50. The fourth-order valence-electron chi connectivity index (χ4n) is 3.80. The van der Waals surface area contributed by atoms with Crippen LogP contribution < -0.4 is 5.32 Å². The fraction of sp³-hybridized carbons (Fsp3) is 0.455. The summed E-state index contributed by atoms with van der Waals surface area (Å²) < 4.78 is 40.1. The third-order valence-corrected chi connectivity index (χ3v) is 6.46. The van der Waals surface area contributed by atoms with Crippen LogP contribution in [0.1, 0.15) is 31.0 Å². The highest BCUT2D eigenvalue weighted by molar-refractivity contribution is 7.13. The molecular weight excluding hydrogens is 459 g/mol. The number of nitrogens with one attached hydrogen (secondary N) is 1. The van der Waals surface area contributed by atoms with Crippen molar-refractivity contribution in [2.75, 3.05) is 6.54 Å². The van der Waals surface area contributed by atoms with E-state index in [9.17, 15) is 32.7 Å². The van der Waals surface area contributed by atoms with Crippen LogP contribution >= 0.6 is 11.3 Å². The number of aliphatic hydroxyl groups is 1. The SMILES string of the molecule is CC(=O)CC(C(=O)N1C[C@H](O)C[C@H]1C(=O)NCc1ccc(-c2scnc2C)cc1)C(F)(F)F. The molecular formula is C22H24F3N3O4S. The average molecular weight is 484 g/mol. The smallest absolute Gasteiger partial charge is 0.391 e. The Morgan fingerprint density at radius 1 is 1.27 bits per heavy atom. The number of amides is 2. The van der Waals surface area contributed by atoms with Gasteiger partial charge < -0.3 is 15.3 Å². The minimum atomic E-state index is -4.94. The van der Waals surface area contributed by atoms with E-state index in [0.29, 0.717) is 0 Å². The highest BCUT2D eigenvalue weighted by atomic mass is 32.1. The standard InChI is InChI=1S/C22H24F3N3O4S/c1-12(29)7-17(22(23,24)25)21(32)28-10-16(30)8-18(28)20(31)26-9-14-3-5-15(6-4-14)19-13(2)27-11-33-19/h3-6,11,16-18,30H,7-10H2,1-2H3,(H,26,31)/t16-,17?,18+/m1/s1. The van der Waals surface area contributed by atoms with E-state index in [0.717, 1.165) is 33.5 Å². The van der Waals surface area contributed by atoms with E-state index in [4.69, 9.17) is 0 Å². The number of halogens is 3. The molecule has 1 aromatic carbocycles. The third kappa shape index (κ3) is 5.97. The summed E-state index contributed by atoms with van der Waals surface area (Å²) in [4.78, 5) is 42.5.